The Kier molecular flexibility index (Phi) is 10.2. The summed E-state index contributed by atoms with van der Waals surface area (Å²) in [5.74, 6) is -1.45. The summed E-state index contributed by atoms with van der Waals surface area (Å²) in [6.07, 6.45) is 7.09. The van der Waals surface area contributed by atoms with Gasteiger partial charge in [-0.2, -0.15) is 0 Å². The van der Waals surface area contributed by atoms with Gasteiger partial charge in [0.25, 0.3) is 0 Å². The second kappa shape index (κ2) is 14.7. The van der Waals surface area contributed by atoms with E-state index in [0.29, 0.717) is 42.5 Å². The van der Waals surface area contributed by atoms with Crippen molar-refractivity contribution >= 4 is 40.9 Å². The molecule has 0 bridgehead atoms. The fourth-order valence-corrected chi connectivity index (χ4v) is 5.19. The molecule has 2 aromatic carbocycles. The summed E-state index contributed by atoms with van der Waals surface area (Å²) < 4.78 is 5.52. The summed E-state index contributed by atoms with van der Waals surface area (Å²) in [6.45, 7) is 6.54. The van der Waals surface area contributed by atoms with Crippen molar-refractivity contribution in [2.45, 2.75) is 45.6 Å². The second-order valence-corrected chi connectivity index (χ2v) is 12.3. The Morgan fingerprint density at radius 1 is 0.979 bits per heavy atom. The van der Waals surface area contributed by atoms with Crippen LogP contribution in [-0.4, -0.2) is 61.6 Å². The largest absolute Gasteiger partial charge is 0.481 e. The van der Waals surface area contributed by atoms with E-state index < -0.39 is 23.4 Å². The van der Waals surface area contributed by atoms with E-state index in [2.05, 4.69) is 20.6 Å². The van der Waals surface area contributed by atoms with Crippen LogP contribution < -0.4 is 10.6 Å². The Labute approximate surface area is 273 Å². The molecule has 0 unspecified atom stereocenters. The van der Waals surface area contributed by atoms with Crippen molar-refractivity contribution < 1.29 is 24.2 Å². The molecule has 242 valence electrons. The number of benzene rings is 2. The van der Waals surface area contributed by atoms with E-state index in [1.54, 1.807) is 35.6 Å². The highest BCUT2D eigenvalue weighted by Crippen LogP contribution is 2.30. The van der Waals surface area contributed by atoms with Gasteiger partial charge in [-0.05, 0) is 62.4 Å². The highest BCUT2D eigenvalue weighted by atomic mass is 16.6. The van der Waals surface area contributed by atoms with E-state index >= 15 is 0 Å². The third-order valence-corrected chi connectivity index (χ3v) is 7.42. The van der Waals surface area contributed by atoms with Crippen molar-refractivity contribution in [1.82, 2.24) is 19.9 Å². The van der Waals surface area contributed by atoms with Crippen LogP contribution in [0.15, 0.2) is 91.4 Å². The summed E-state index contributed by atoms with van der Waals surface area (Å²) in [6, 6.07) is 20.6. The van der Waals surface area contributed by atoms with Gasteiger partial charge in [0.15, 0.2) is 0 Å². The molecule has 2 aromatic heterocycles. The van der Waals surface area contributed by atoms with E-state index in [-0.39, 0.29) is 18.9 Å². The Hall–Kier alpha value is -5.58. The number of anilines is 3. The number of rotatable bonds is 10. The number of pyridine rings is 1. The number of carbonyl (C=O) groups is 3. The van der Waals surface area contributed by atoms with E-state index in [4.69, 9.17) is 9.72 Å². The van der Waals surface area contributed by atoms with Crippen molar-refractivity contribution in [2.75, 3.05) is 23.7 Å². The average molecular weight is 635 g/mol. The average Bonchev–Trinajstić information content (AvgIpc) is 3.04. The number of carbonyl (C=O) groups excluding carboxylic acids is 2. The molecule has 0 spiro atoms. The zero-order valence-corrected chi connectivity index (χ0v) is 26.6. The molecule has 2 amide bonds. The molecule has 0 saturated heterocycles. The zero-order valence-electron chi connectivity index (χ0n) is 26.6. The predicted octanol–water partition coefficient (Wildman–Crippen LogP) is 6.58. The molecular formula is C36H38N6O5. The number of aromatic nitrogens is 3. The van der Waals surface area contributed by atoms with Crippen LogP contribution in [0.1, 0.15) is 44.7 Å². The van der Waals surface area contributed by atoms with Gasteiger partial charge in [0.2, 0.25) is 5.91 Å². The van der Waals surface area contributed by atoms with Gasteiger partial charge in [-0.15, -0.1) is 0 Å². The first-order valence-electron chi connectivity index (χ1n) is 15.4. The predicted molar refractivity (Wildman–Crippen MR) is 180 cm³/mol. The van der Waals surface area contributed by atoms with Gasteiger partial charge < -0.3 is 25.4 Å². The number of amides is 2. The Morgan fingerprint density at radius 2 is 1.77 bits per heavy atom. The zero-order chi connectivity index (χ0) is 33.4. The molecule has 47 heavy (non-hydrogen) atoms. The minimum Gasteiger partial charge on any atom is -0.481 e. The van der Waals surface area contributed by atoms with Gasteiger partial charge in [-0.25, -0.2) is 14.8 Å². The van der Waals surface area contributed by atoms with E-state index in [1.807, 2.05) is 81.4 Å². The Morgan fingerprint density at radius 3 is 2.45 bits per heavy atom. The number of aliphatic carboxylic acids is 1. The molecule has 11 heteroatoms. The SMILES string of the molecule is CC(C)(C)OC(=O)N1CC=C(c2cccc(-c3cc(NC(=O)C[C@H](Cc4ccccc4)C(=O)O)cc(Nc4cnccn4)n3)c2)CC1. The van der Waals surface area contributed by atoms with Crippen molar-refractivity contribution in [1.29, 1.82) is 0 Å². The fraction of sp³-hybridized carbons (Fsp3) is 0.278. The van der Waals surface area contributed by atoms with Gasteiger partial charge in [-0.3, -0.25) is 14.6 Å². The standard InChI is InChI=1S/C36H38N6O5/c1-36(2,3)47-35(46)42-16-12-25(13-17-42)26-10-7-11-27(19-26)30-21-29(22-31(40-30)41-32-23-37-14-15-38-32)39-33(43)20-28(34(44)45)18-24-8-5-4-6-9-24/h4-12,14-15,19,21-23,28H,13,16-18,20H2,1-3H3,(H,44,45)(H2,38,39,40,41,43)/t28-/m0/s1. The van der Waals surface area contributed by atoms with Crippen molar-refractivity contribution in [3.8, 4) is 11.3 Å². The van der Waals surface area contributed by atoms with Gasteiger partial charge in [-0.1, -0.05) is 54.6 Å². The second-order valence-electron chi connectivity index (χ2n) is 12.3. The van der Waals surface area contributed by atoms with Crippen molar-refractivity contribution in [3.05, 3.63) is 103 Å². The van der Waals surface area contributed by atoms with Crippen LogP contribution in [-0.2, 0) is 20.7 Å². The number of carboxylic acids is 1. The minimum absolute atomic E-state index is 0.196. The lowest BCUT2D eigenvalue weighted by molar-refractivity contribution is -0.143. The lowest BCUT2D eigenvalue weighted by atomic mass is 9.96. The summed E-state index contributed by atoms with van der Waals surface area (Å²) in [7, 11) is 0. The minimum atomic E-state index is -1.03. The fourth-order valence-electron chi connectivity index (χ4n) is 5.19. The van der Waals surface area contributed by atoms with Crippen LogP contribution in [0, 0.1) is 5.92 Å². The first kappa shape index (κ1) is 32.8. The lowest BCUT2D eigenvalue weighted by Gasteiger charge is -2.29. The maximum atomic E-state index is 13.2. The molecule has 0 saturated carbocycles. The summed E-state index contributed by atoms with van der Waals surface area (Å²) in [5.41, 5.74) is 4.23. The Bertz CT molecular complexity index is 1750. The molecule has 3 N–H and O–H groups in total. The van der Waals surface area contributed by atoms with Crippen molar-refractivity contribution in [2.24, 2.45) is 5.92 Å². The highest BCUT2D eigenvalue weighted by molar-refractivity contribution is 5.94. The first-order chi connectivity index (χ1) is 22.5. The van der Waals surface area contributed by atoms with E-state index in [9.17, 15) is 19.5 Å². The molecule has 5 rings (SSSR count). The van der Waals surface area contributed by atoms with Crippen LogP contribution in [0.25, 0.3) is 16.8 Å². The molecule has 1 aliphatic heterocycles. The molecule has 4 aromatic rings. The van der Waals surface area contributed by atoms with E-state index in [1.165, 1.54) is 0 Å². The molecule has 0 aliphatic carbocycles. The van der Waals surface area contributed by atoms with Crippen LogP contribution >= 0.6 is 0 Å². The molecule has 1 aliphatic rings. The van der Waals surface area contributed by atoms with Crippen LogP contribution in [0.4, 0.5) is 22.1 Å². The van der Waals surface area contributed by atoms with Crippen LogP contribution in [0.3, 0.4) is 0 Å². The normalized spacial score (nSPS) is 13.7. The number of hydrogen-bond donors (Lipinski definition) is 3. The van der Waals surface area contributed by atoms with Gasteiger partial charge in [0, 0.05) is 49.2 Å². The number of nitrogens with one attached hydrogen (secondary N) is 2. The summed E-state index contributed by atoms with van der Waals surface area (Å²) in [5, 5.41) is 15.8. The van der Waals surface area contributed by atoms with Crippen molar-refractivity contribution in [3.63, 3.8) is 0 Å². The van der Waals surface area contributed by atoms with Crippen LogP contribution in [0.2, 0.25) is 0 Å². The first-order valence-corrected chi connectivity index (χ1v) is 15.4. The topological polar surface area (TPSA) is 147 Å². The molecule has 1 atom stereocenters. The number of carboxylic acid groups (broad SMARTS) is 1. The third-order valence-electron chi connectivity index (χ3n) is 7.42. The maximum absolute atomic E-state index is 13.2. The van der Waals surface area contributed by atoms with Crippen LogP contribution in [0.5, 0.6) is 0 Å². The summed E-state index contributed by atoms with van der Waals surface area (Å²) in [4.78, 5) is 52.6. The lowest BCUT2D eigenvalue weighted by Crippen LogP contribution is -2.39. The molecule has 0 fully saturated rings. The van der Waals surface area contributed by atoms with Gasteiger partial charge in [0.05, 0.1) is 17.8 Å². The third kappa shape index (κ3) is 9.46. The number of hydrogen-bond acceptors (Lipinski definition) is 8. The quantitative estimate of drug-likeness (QED) is 0.176. The smallest absolute Gasteiger partial charge is 0.410 e. The van der Waals surface area contributed by atoms with E-state index in [0.717, 1.165) is 22.3 Å². The monoisotopic (exact) mass is 634 g/mol. The molecule has 3 heterocycles. The van der Waals surface area contributed by atoms with Gasteiger partial charge >= 0.3 is 12.1 Å². The molecular weight excluding hydrogens is 596 g/mol. The molecule has 0 radical (unpaired) electrons. The summed E-state index contributed by atoms with van der Waals surface area (Å²) >= 11 is 0. The molecule has 11 nitrogen and oxygen atoms in total. The number of nitrogens with zero attached hydrogens (tertiary/aromatic N) is 4. The van der Waals surface area contributed by atoms with Gasteiger partial charge in [0.1, 0.15) is 17.2 Å². The Balaban J connectivity index is 1.37. The highest BCUT2D eigenvalue weighted by Gasteiger charge is 2.25. The maximum Gasteiger partial charge on any atom is 0.410 e. The number of ether oxygens (including phenoxy) is 1.